The molecule has 6 nitrogen and oxygen atoms in total. The number of pyridine rings is 1. The fourth-order valence-corrected chi connectivity index (χ4v) is 3.04. The summed E-state index contributed by atoms with van der Waals surface area (Å²) in [7, 11) is 0. The van der Waals surface area contributed by atoms with E-state index in [1.807, 2.05) is 12.1 Å². The third kappa shape index (κ3) is 6.59. The van der Waals surface area contributed by atoms with Crippen LogP contribution >= 0.6 is 48.0 Å². The minimum Gasteiger partial charge on any atom is -0.490 e. The molecule has 1 aromatic heterocycles. The monoisotopic (exact) mass is 452 g/mol. The highest BCUT2D eigenvalue weighted by molar-refractivity contribution is 6.36. The maximum absolute atomic E-state index is 12.7. The number of carbonyl (C=O) groups excluding carboxylic acids is 1. The lowest BCUT2D eigenvalue weighted by Crippen LogP contribution is -2.57. The quantitative estimate of drug-likeness (QED) is 0.730. The number of amides is 2. The fourth-order valence-electron chi connectivity index (χ4n) is 2.58. The van der Waals surface area contributed by atoms with E-state index in [1.54, 1.807) is 35.5 Å². The van der Waals surface area contributed by atoms with Gasteiger partial charge in [-0.25, -0.2) is 4.79 Å². The van der Waals surface area contributed by atoms with Crippen molar-refractivity contribution in [1.29, 1.82) is 0 Å². The number of urea groups is 1. The molecule has 27 heavy (non-hydrogen) atoms. The summed E-state index contributed by atoms with van der Waals surface area (Å²) in [6.07, 6.45) is 3.33. The highest BCUT2D eigenvalue weighted by Crippen LogP contribution is 2.26. The summed E-state index contributed by atoms with van der Waals surface area (Å²) in [5.41, 5.74) is 0.529. The van der Waals surface area contributed by atoms with E-state index < -0.39 is 0 Å². The molecular weight excluding hydrogens is 434 g/mol. The number of rotatable bonds is 4. The predicted octanol–water partition coefficient (Wildman–Crippen LogP) is 4.12. The first-order chi connectivity index (χ1) is 12.1. The summed E-state index contributed by atoms with van der Waals surface area (Å²) in [5.74, 6) is 0.675. The Hall–Kier alpha value is -1.44. The van der Waals surface area contributed by atoms with E-state index in [9.17, 15) is 4.79 Å². The second-order valence-electron chi connectivity index (χ2n) is 5.61. The summed E-state index contributed by atoms with van der Waals surface area (Å²) < 4.78 is 5.75. The lowest BCUT2D eigenvalue weighted by atomic mass is 10.2. The Morgan fingerprint density at radius 2 is 2.15 bits per heavy atom. The number of anilines is 1. The van der Waals surface area contributed by atoms with Gasteiger partial charge in [0.05, 0.1) is 22.9 Å². The zero-order valence-electron chi connectivity index (χ0n) is 14.2. The largest absolute Gasteiger partial charge is 0.490 e. The number of nitrogens with zero attached hydrogens (tertiary/aromatic N) is 2. The number of aromatic nitrogens is 1. The molecular formula is C17H20Cl4N4O2. The maximum Gasteiger partial charge on any atom is 0.322 e. The number of nitrogens with one attached hydrogen (secondary N) is 2. The molecule has 10 heteroatoms. The van der Waals surface area contributed by atoms with Crippen LogP contribution in [-0.4, -0.2) is 48.2 Å². The maximum atomic E-state index is 12.7. The van der Waals surface area contributed by atoms with Gasteiger partial charge in [0.15, 0.2) is 0 Å². The Kier molecular flexibility index (Phi) is 9.98. The topological polar surface area (TPSA) is 66.5 Å². The Balaban J connectivity index is 0.00000182. The van der Waals surface area contributed by atoms with Crippen LogP contribution in [0.2, 0.25) is 10.0 Å². The van der Waals surface area contributed by atoms with E-state index in [2.05, 4.69) is 15.6 Å². The highest BCUT2D eigenvalue weighted by Gasteiger charge is 2.27. The van der Waals surface area contributed by atoms with Crippen molar-refractivity contribution in [3.05, 3.63) is 52.8 Å². The van der Waals surface area contributed by atoms with Gasteiger partial charge in [-0.3, -0.25) is 4.98 Å². The summed E-state index contributed by atoms with van der Waals surface area (Å²) in [4.78, 5) is 18.4. The molecule has 0 radical (unpaired) electrons. The van der Waals surface area contributed by atoms with Crippen LogP contribution in [0, 0.1) is 0 Å². The summed E-state index contributed by atoms with van der Waals surface area (Å²) in [6.45, 7) is 2.34. The van der Waals surface area contributed by atoms with Crippen LogP contribution < -0.4 is 15.4 Å². The van der Waals surface area contributed by atoms with E-state index in [0.717, 1.165) is 6.54 Å². The fraction of sp³-hybridized carbons (Fsp3) is 0.294. The van der Waals surface area contributed by atoms with E-state index in [-0.39, 0.29) is 36.9 Å². The van der Waals surface area contributed by atoms with Gasteiger partial charge in [0, 0.05) is 30.9 Å². The predicted molar refractivity (Wildman–Crippen MR) is 113 cm³/mol. The van der Waals surface area contributed by atoms with E-state index in [1.165, 1.54) is 0 Å². The molecule has 2 aromatic rings. The van der Waals surface area contributed by atoms with Crippen molar-refractivity contribution in [3.8, 4) is 5.75 Å². The van der Waals surface area contributed by atoms with Crippen LogP contribution in [0.4, 0.5) is 10.5 Å². The summed E-state index contributed by atoms with van der Waals surface area (Å²) >= 11 is 12.0. The molecule has 1 aliphatic heterocycles. The number of ether oxygens (including phenoxy) is 1. The molecule has 1 aromatic carbocycles. The third-order valence-corrected chi connectivity index (χ3v) is 4.41. The van der Waals surface area contributed by atoms with Gasteiger partial charge in [-0.2, -0.15) is 0 Å². The highest BCUT2D eigenvalue weighted by atomic mass is 35.5. The number of hydrogen-bond acceptors (Lipinski definition) is 4. The van der Waals surface area contributed by atoms with Crippen molar-refractivity contribution in [2.24, 2.45) is 0 Å². The molecule has 2 N–H and O–H groups in total. The number of halogens is 4. The van der Waals surface area contributed by atoms with Gasteiger partial charge in [0.25, 0.3) is 0 Å². The molecule has 1 aliphatic rings. The number of benzene rings is 1. The Bertz CT molecular complexity index is 736. The van der Waals surface area contributed by atoms with Gasteiger partial charge in [0.2, 0.25) is 0 Å². The SMILES string of the molecule is Cl.Cl.O=C(Nc1ccc(Cl)cc1Cl)N1CCNCC1COc1cccnc1. The number of carbonyl (C=O) groups is 1. The molecule has 1 atom stereocenters. The van der Waals surface area contributed by atoms with Crippen molar-refractivity contribution < 1.29 is 9.53 Å². The van der Waals surface area contributed by atoms with Crippen molar-refractivity contribution in [1.82, 2.24) is 15.2 Å². The molecule has 3 rings (SSSR count). The van der Waals surface area contributed by atoms with Crippen molar-refractivity contribution in [2.75, 3.05) is 31.6 Å². The van der Waals surface area contributed by atoms with Gasteiger partial charge < -0.3 is 20.3 Å². The van der Waals surface area contributed by atoms with Gasteiger partial charge >= 0.3 is 6.03 Å². The first-order valence-electron chi connectivity index (χ1n) is 7.89. The van der Waals surface area contributed by atoms with Crippen molar-refractivity contribution >= 4 is 59.7 Å². The Morgan fingerprint density at radius 3 is 2.85 bits per heavy atom. The molecule has 0 spiro atoms. The van der Waals surface area contributed by atoms with Crippen molar-refractivity contribution in [2.45, 2.75) is 6.04 Å². The molecule has 1 unspecified atom stereocenters. The van der Waals surface area contributed by atoms with E-state index >= 15 is 0 Å². The number of hydrogen-bond donors (Lipinski definition) is 2. The summed E-state index contributed by atoms with van der Waals surface area (Å²) in [5, 5.41) is 7.04. The third-order valence-electron chi connectivity index (χ3n) is 3.86. The molecule has 1 fully saturated rings. The lowest BCUT2D eigenvalue weighted by Gasteiger charge is -2.36. The van der Waals surface area contributed by atoms with Crippen LogP contribution in [0.3, 0.4) is 0 Å². The normalized spacial score (nSPS) is 15.9. The van der Waals surface area contributed by atoms with Crippen molar-refractivity contribution in [3.63, 3.8) is 0 Å². The second-order valence-corrected chi connectivity index (χ2v) is 6.45. The second kappa shape index (κ2) is 11.4. The molecule has 1 saturated heterocycles. The average molecular weight is 454 g/mol. The first-order valence-corrected chi connectivity index (χ1v) is 8.65. The minimum absolute atomic E-state index is 0. The molecule has 2 amide bonds. The standard InChI is InChI=1S/C17H18Cl2N4O2.2ClH/c18-12-3-4-16(15(19)8-12)22-17(24)23-7-6-21-9-13(23)11-25-14-2-1-5-20-10-14;;/h1-5,8,10,13,21H,6-7,9,11H2,(H,22,24);2*1H. The van der Waals surface area contributed by atoms with Gasteiger partial charge in [0.1, 0.15) is 12.4 Å². The first kappa shape index (κ1) is 23.6. The Labute approximate surface area is 180 Å². The molecule has 0 saturated carbocycles. The zero-order chi connectivity index (χ0) is 17.6. The minimum atomic E-state index is -0.217. The average Bonchev–Trinajstić information content (AvgIpc) is 2.63. The number of piperazine rings is 1. The Morgan fingerprint density at radius 1 is 1.33 bits per heavy atom. The van der Waals surface area contributed by atoms with E-state index in [0.29, 0.717) is 41.2 Å². The lowest BCUT2D eigenvalue weighted by molar-refractivity contribution is 0.133. The zero-order valence-corrected chi connectivity index (χ0v) is 17.4. The van der Waals surface area contributed by atoms with E-state index in [4.69, 9.17) is 27.9 Å². The molecule has 0 aliphatic carbocycles. The van der Waals surface area contributed by atoms with Crippen LogP contribution in [0.5, 0.6) is 5.75 Å². The van der Waals surface area contributed by atoms with Crippen LogP contribution in [0.25, 0.3) is 0 Å². The summed E-state index contributed by atoms with van der Waals surface area (Å²) in [6, 6.07) is 8.29. The molecule has 0 bridgehead atoms. The van der Waals surface area contributed by atoms with Gasteiger partial charge in [-0.1, -0.05) is 23.2 Å². The van der Waals surface area contributed by atoms with Crippen LogP contribution in [-0.2, 0) is 0 Å². The van der Waals surface area contributed by atoms with Gasteiger partial charge in [-0.05, 0) is 30.3 Å². The molecule has 2 heterocycles. The van der Waals surface area contributed by atoms with Crippen LogP contribution in [0.1, 0.15) is 0 Å². The molecule has 148 valence electrons. The smallest absolute Gasteiger partial charge is 0.322 e. The van der Waals surface area contributed by atoms with Gasteiger partial charge in [-0.15, -0.1) is 24.8 Å². The van der Waals surface area contributed by atoms with Crippen LogP contribution in [0.15, 0.2) is 42.7 Å².